The molecule has 1 aromatic heterocycles. The van der Waals surface area contributed by atoms with Gasteiger partial charge in [-0.1, -0.05) is 5.21 Å². The van der Waals surface area contributed by atoms with E-state index in [1.165, 1.54) is 18.5 Å². The largest absolute Gasteiger partial charge is 0.314 e. The second-order valence-electron chi connectivity index (χ2n) is 4.70. The Morgan fingerprint density at radius 1 is 1.47 bits per heavy atom. The molecular weight excluding hydrogens is 188 g/mol. The van der Waals surface area contributed by atoms with Crippen LogP contribution in [0.2, 0.25) is 0 Å². The number of nitrogens with zero attached hydrogens (tertiary/aromatic N) is 3. The Balaban J connectivity index is 2.21. The van der Waals surface area contributed by atoms with E-state index in [0.717, 1.165) is 24.6 Å². The molecule has 0 saturated heterocycles. The van der Waals surface area contributed by atoms with E-state index in [9.17, 15) is 0 Å². The second-order valence-corrected chi connectivity index (χ2v) is 4.70. The Kier molecular flexibility index (Phi) is 3.05. The first-order valence-electron chi connectivity index (χ1n) is 5.80. The molecule has 0 aliphatic heterocycles. The highest BCUT2D eigenvalue weighted by Crippen LogP contribution is 2.33. The molecule has 1 fully saturated rings. The first-order valence-corrected chi connectivity index (χ1v) is 5.80. The minimum absolute atomic E-state index is 0.414. The third kappa shape index (κ3) is 2.37. The van der Waals surface area contributed by atoms with Crippen molar-refractivity contribution in [3.8, 4) is 0 Å². The van der Waals surface area contributed by atoms with Gasteiger partial charge in [-0.3, -0.25) is 0 Å². The SMILES string of the molecule is CNCc1nnn(C(C)C)c1CC1CC1. The highest BCUT2D eigenvalue weighted by Gasteiger charge is 2.26. The van der Waals surface area contributed by atoms with Crippen molar-refractivity contribution in [2.24, 2.45) is 5.92 Å². The lowest BCUT2D eigenvalue weighted by Crippen LogP contribution is -2.12. The van der Waals surface area contributed by atoms with Gasteiger partial charge in [0.25, 0.3) is 0 Å². The molecule has 1 aliphatic rings. The third-order valence-electron chi connectivity index (χ3n) is 2.88. The van der Waals surface area contributed by atoms with E-state index in [-0.39, 0.29) is 0 Å². The maximum absolute atomic E-state index is 4.26. The van der Waals surface area contributed by atoms with Crippen molar-refractivity contribution < 1.29 is 0 Å². The molecule has 1 saturated carbocycles. The summed E-state index contributed by atoms with van der Waals surface area (Å²) in [5.74, 6) is 0.886. The van der Waals surface area contributed by atoms with Crippen molar-refractivity contribution >= 4 is 0 Å². The van der Waals surface area contributed by atoms with Crippen LogP contribution in [0.25, 0.3) is 0 Å². The summed E-state index contributed by atoms with van der Waals surface area (Å²) in [5.41, 5.74) is 2.46. The summed E-state index contributed by atoms with van der Waals surface area (Å²) in [6.07, 6.45) is 3.91. The molecule has 4 heteroatoms. The lowest BCUT2D eigenvalue weighted by atomic mass is 10.1. The second kappa shape index (κ2) is 4.31. The summed E-state index contributed by atoms with van der Waals surface area (Å²) in [6, 6.07) is 0.414. The molecule has 0 aromatic carbocycles. The predicted molar refractivity (Wildman–Crippen MR) is 59.6 cm³/mol. The van der Waals surface area contributed by atoms with E-state index in [1.807, 2.05) is 7.05 Å². The van der Waals surface area contributed by atoms with E-state index in [2.05, 4.69) is 34.2 Å². The van der Waals surface area contributed by atoms with Crippen molar-refractivity contribution in [2.75, 3.05) is 7.05 Å². The standard InChI is InChI=1S/C11H20N4/c1-8(2)15-11(6-9-4-5-9)10(7-12-3)13-14-15/h8-9,12H,4-7H2,1-3H3. The molecule has 0 amide bonds. The van der Waals surface area contributed by atoms with Crippen molar-refractivity contribution in [2.45, 2.75) is 45.7 Å². The van der Waals surface area contributed by atoms with Gasteiger partial charge in [-0.05, 0) is 46.1 Å². The number of aromatic nitrogens is 3. The lowest BCUT2D eigenvalue weighted by molar-refractivity contribution is 0.488. The van der Waals surface area contributed by atoms with Gasteiger partial charge >= 0.3 is 0 Å². The van der Waals surface area contributed by atoms with Gasteiger partial charge in [0.15, 0.2) is 0 Å². The van der Waals surface area contributed by atoms with Crippen LogP contribution in [0.1, 0.15) is 44.1 Å². The molecule has 1 heterocycles. The average molecular weight is 208 g/mol. The summed E-state index contributed by atoms with van der Waals surface area (Å²) in [5, 5.41) is 11.7. The van der Waals surface area contributed by atoms with Crippen LogP contribution in [-0.4, -0.2) is 22.0 Å². The highest BCUT2D eigenvalue weighted by molar-refractivity contribution is 5.13. The van der Waals surface area contributed by atoms with E-state index < -0.39 is 0 Å². The van der Waals surface area contributed by atoms with Gasteiger partial charge in [-0.25, -0.2) is 4.68 Å². The maximum atomic E-state index is 4.26. The topological polar surface area (TPSA) is 42.7 Å². The van der Waals surface area contributed by atoms with Crippen LogP contribution in [0, 0.1) is 5.92 Å². The summed E-state index contributed by atoms with van der Waals surface area (Å²) in [7, 11) is 1.95. The summed E-state index contributed by atoms with van der Waals surface area (Å²) in [4.78, 5) is 0. The molecule has 4 nitrogen and oxygen atoms in total. The van der Waals surface area contributed by atoms with Gasteiger partial charge in [-0.2, -0.15) is 0 Å². The average Bonchev–Trinajstić information content (AvgIpc) is 2.90. The lowest BCUT2D eigenvalue weighted by Gasteiger charge is -2.10. The number of hydrogen-bond acceptors (Lipinski definition) is 3. The van der Waals surface area contributed by atoms with E-state index in [4.69, 9.17) is 0 Å². The van der Waals surface area contributed by atoms with Gasteiger partial charge in [0.05, 0.1) is 11.4 Å². The van der Waals surface area contributed by atoms with E-state index >= 15 is 0 Å². The van der Waals surface area contributed by atoms with Crippen molar-refractivity contribution in [1.29, 1.82) is 0 Å². The predicted octanol–water partition coefficient (Wildman–Crippen LogP) is 1.53. The Hall–Kier alpha value is -0.900. The van der Waals surface area contributed by atoms with Gasteiger partial charge in [0, 0.05) is 12.6 Å². The van der Waals surface area contributed by atoms with Crippen LogP contribution in [0.3, 0.4) is 0 Å². The monoisotopic (exact) mass is 208 g/mol. The van der Waals surface area contributed by atoms with Crippen LogP contribution in [0.5, 0.6) is 0 Å². The summed E-state index contributed by atoms with van der Waals surface area (Å²) in [6.45, 7) is 5.15. The molecule has 15 heavy (non-hydrogen) atoms. The summed E-state index contributed by atoms with van der Waals surface area (Å²) >= 11 is 0. The van der Waals surface area contributed by atoms with Gasteiger partial charge in [0.1, 0.15) is 0 Å². The van der Waals surface area contributed by atoms with Crippen LogP contribution in [0.15, 0.2) is 0 Å². The van der Waals surface area contributed by atoms with Crippen molar-refractivity contribution in [3.05, 3.63) is 11.4 Å². The van der Waals surface area contributed by atoms with Crippen molar-refractivity contribution in [3.63, 3.8) is 0 Å². The zero-order valence-electron chi connectivity index (χ0n) is 9.82. The van der Waals surface area contributed by atoms with Crippen LogP contribution in [0.4, 0.5) is 0 Å². The third-order valence-corrected chi connectivity index (χ3v) is 2.88. The fourth-order valence-corrected chi connectivity index (χ4v) is 1.87. The molecule has 2 rings (SSSR count). The Morgan fingerprint density at radius 2 is 2.20 bits per heavy atom. The maximum Gasteiger partial charge on any atom is 0.0996 e. The van der Waals surface area contributed by atoms with Crippen LogP contribution < -0.4 is 5.32 Å². The van der Waals surface area contributed by atoms with Crippen LogP contribution in [-0.2, 0) is 13.0 Å². The number of rotatable bonds is 5. The fraction of sp³-hybridized carbons (Fsp3) is 0.818. The van der Waals surface area contributed by atoms with E-state index in [0.29, 0.717) is 6.04 Å². The van der Waals surface area contributed by atoms with Gasteiger partial charge < -0.3 is 5.32 Å². The normalized spacial score (nSPS) is 16.3. The Morgan fingerprint density at radius 3 is 2.73 bits per heavy atom. The smallest absolute Gasteiger partial charge is 0.0996 e. The fourth-order valence-electron chi connectivity index (χ4n) is 1.87. The molecule has 0 unspecified atom stereocenters. The molecule has 0 spiro atoms. The molecule has 84 valence electrons. The zero-order valence-corrected chi connectivity index (χ0v) is 9.82. The molecule has 1 aliphatic carbocycles. The van der Waals surface area contributed by atoms with Gasteiger partial charge in [0.2, 0.25) is 0 Å². The van der Waals surface area contributed by atoms with Crippen LogP contribution >= 0.6 is 0 Å². The summed E-state index contributed by atoms with van der Waals surface area (Å²) < 4.78 is 2.07. The zero-order chi connectivity index (χ0) is 10.8. The quantitative estimate of drug-likeness (QED) is 0.798. The van der Waals surface area contributed by atoms with Gasteiger partial charge in [-0.15, -0.1) is 5.10 Å². The molecule has 0 atom stereocenters. The van der Waals surface area contributed by atoms with E-state index in [1.54, 1.807) is 0 Å². The minimum atomic E-state index is 0.414. The van der Waals surface area contributed by atoms with Crippen molar-refractivity contribution in [1.82, 2.24) is 20.3 Å². The highest BCUT2D eigenvalue weighted by atomic mass is 15.4. The Bertz CT molecular complexity index is 325. The first kappa shape index (κ1) is 10.6. The molecule has 1 aromatic rings. The minimum Gasteiger partial charge on any atom is -0.314 e. The first-order chi connectivity index (χ1) is 7.22. The Labute approximate surface area is 91.1 Å². The molecule has 0 radical (unpaired) electrons. The molecule has 0 bridgehead atoms. The molecular formula is C11H20N4. The number of hydrogen-bond donors (Lipinski definition) is 1. The number of nitrogens with one attached hydrogen (secondary N) is 1. The molecule has 1 N–H and O–H groups in total.